The minimum Gasteiger partial charge on any atom is -0.337 e. The molecular weight excluding hydrogens is 338 g/mol. The van der Waals surface area contributed by atoms with Gasteiger partial charge in [-0.1, -0.05) is 30.3 Å². The van der Waals surface area contributed by atoms with Crippen molar-refractivity contribution >= 4 is 5.91 Å². The third kappa shape index (κ3) is 3.27. The number of nitrogens with zero attached hydrogens (tertiary/aromatic N) is 5. The second-order valence-electron chi connectivity index (χ2n) is 7.01. The van der Waals surface area contributed by atoms with Gasteiger partial charge in [0.2, 0.25) is 0 Å². The zero-order valence-corrected chi connectivity index (χ0v) is 15.9. The van der Waals surface area contributed by atoms with E-state index in [0.717, 1.165) is 37.3 Å². The predicted octanol–water partition coefficient (Wildman–Crippen LogP) is 3.55. The number of hydrogen-bond donors (Lipinski definition) is 0. The van der Waals surface area contributed by atoms with Crippen LogP contribution in [0.2, 0.25) is 0 Å². The molecule has 27 heavy (non-hydrogen) atoms. The average Bonchev–Trinajstić information content (AvgIpc) is 3.34. The number of likely N-dealkylation sites (tertiary alicyclic amines) is 1. The summed E-state index contributed by atoms with van der Waals surface area (Å²) in [7, 11) is 0. The standard InChI is InChI=1S/C21H25N5O/c1-3-25-19(9-12-23-25)21(27)24-13-10-18(11-14-24)26-16(2)15-22-20(26)17-7-5-4-6-8-17/h4-9,12,15,18H,3,10-11,13-14H2,1-2H3. The van der Waals surface area contributed by atoms with Gasteiger partial charge in [-0.05, 0) is 32.8 Å². The average molecular weight is 363 g/mol. The van der Waals surface area contributed by atoms with Gasteiger partial charge in [0.05, 0.1) is 0 Å². The summed E-state index contributed by atoms with van der Waals surface area (Å²) < 4.78 is 4.11. The van der Waals surface area contributed by atoms with E-state index in [0.29, 0.717) is 18.3 Å². The first kappa shape index (κ1) is 17.5. The molecule has 1 aliphatic heterocycles. The molecule has 6 heteroatoms. The third-order valence-electron chi connectivity index (χ3n) is 5.37. The minimum atomic E-state index is 0.0819. The number of benzene rings is 1. The Morgan fingerprint density at radius 3 is 2.59 bits per heavy atom. The first-order valence-corrected chi connectivity index (χ1v) is 9.59. The fourth-order valence-electron chi connectivity index (χ4n) is 3.96. The van der Waals surface area contributed by atoms with Crippen molar-refractivity contribution in [1.29, 1.82) is 0 Å². The highest BCUT2D eigenvalue weighted by Gasteiger charge is 2.28. The van der Waals surface area contributed by atoms with E-state index >= 15 is 0 Å². The molecule has 6 nitrogen and oxygen atoms in total. The molecule has 0 unspecified atom stereocenters. The predicted molar refractivity (Wildman–Crippen MR) is 104 cm³/mol. The van der Waals surface area contributed by atoms with Crippen LogP contribution in [0.1, 0.15) is 42.0 Å². The molecular formula is C21H25N5O. The molecule has 4 rings (SSSR count). The summed E-state index contributed by atoms with van der Waals surface area (Å²) in [6.45, 7) is 6.33. The van der Waals surface area contributed by atoms with Crippen LogP contribution in [-0.2, 0) is 6.54 Å². The highest BCUT2D eigenvalue weighted by atomic mass is 16.2. The summed E-state index contributed by atoms with van der Waals surface area (Å²) in [6.07, 6.45) is 5.51. The van der Waals surface area contributed by atoms with Gasteiger partial charge >= 0.3 is 0 Å². The van der Waals surface area contributed by atoms with Crippen molar-refractivity contribution in [3.05, 3.63) is 60.2 Å². The molecule has 3 aromatic rings. The van der Waals surface area contributed by atoms with Gasteiger partial charge in [-0.15, -0.1) is 0 Å². The van der Waals surface area contributed by atoms with Crippen LogP contribution in [0.4, 0.5) is 0 Å². The van der Waals surface area contributed by atoms with Crippen LogP contribution in [0.25, 0.3) is 11.4 Å². The van der Waals surface area contributed by atoms with E-state index in [1.54, 1.807) is 10.9 Å². The quantitative estimate of drug-likeness (QED) is 0.712. The molecule has 0 bridgehead atoms. The van der Waals surface area contributed by atoms with Crippen LogP contribution < -0.4 is 0 Å². The minimum absolute atomic E-state index is 0.0819. The van der Waals surface area contributed by atoms with E-state index in [4.69, 9.17) is 0 Å². The van der Waals surface area contributed by atoms with Gasteiger partial charge in [0.25, 0.3) is 5.91 Å². The number of carbonyl (C=O) groups is 1. The van der Waals surface area contributed by atoms with E-state index in [9.17, 15) is 4.79 Å². The number of piperidine rings is 1. The van der Waals surface area contributed by atoms with Gasteiger partial charge in [-0.25, -0.2) is 4.98 Å². The number of rotatable bonds is 4. The van der Waals surface area contributed by atoms with Crippen molar-refractivity contribution in [2.45, 2.75) is 39.3 Å². The fraction of sp³-hybridized carbons (Fsp3) is 0.381. The summed E-state index contributed by atoms with van der Waals surface area (Å²) in [5.74, 6) is 1.10. The van der Waals surface area contributed by atoms with Crippen LogP contribution >= 0.6 is 0 Å². The molecule has 1 aromatic carbocycles. The van der Waals surface area contributed by atoms with Crippen molar-refractivity contribution in [3.8, 4) is 11.4 Å². The molecule has 140 valence electrons. The van der Waals surface area contributed by atoms with E-state index < -0.39 is 0 Å². The summed E-state index contributed by atoms with van der Waals surface area (Å²) in [5, 5.41) is 4.22. The van der Waals surface area contributed by atoms with Crippen molar-refractivity contribution in [2.24, 2.45) is 0 Å². The Hall–Kier alpha value is -2.89. The smallest absolute Gasteiger partial charge is 0.272 e. The van der Waals surface area contributed by atoms with Crippen LogP contribution in [0, 0.1) is 6.92 Å². The van der Waals surface area contributed by atoms with Crippen molar-refractivity contribution in [1.82, 2.24) is 24.2 Å². The number of amides is 1. The summed E-state index contributed by atoms with van der Waals surface area (Å²) in [5.41, 5.74) is 2.98. The number of aromatic nitrogens is 4. The van der Waals surface area contributed by atoms with E-state index in [1.165, 1.54) is 5.69 Å². The van der Waals surface area contributed by atoms with Crippen LogP contribution in [0.15, 0.2) is 48.8 Å². The van der Waals surface area contributed by atoms with Gasteiger partial charge in [0.1, 0.15) is 11.5 Å². The molecule has 0 atom stereocenters. The first-order chi connectivity index (χ1) is 13.2. The summed E-state index contributed by atoms with van der Waals surface area (Å²) in [4.78, 5) is 19.4. The highest BCUT2D eigenvalue weighted by molar-refractivity contribution is 5.92. The zero-order valence-electron chi connectivity index (χ0n) is 15.9. The van der Waals surface area contributed by atoms with Crippen molar-refractivity contribution in [2.75, 3.05) is 13.1 Å². The second kappa shape index (κ2) is 7.39. The Bertz CT molecular complexity index is 919. The van der Waals surface area contributed by atoms with Gasteiger partial charge < -0.3 is 9.47 Å². The lowest BCUT2D eigenvalue weighted by Crippen LogP contribution is -2.40. The van der Waals surface area contributed by atoms with Crippen molar-refractivity contribution in [3.63, 3.8) is 0 Å². The molecule has 3 heterocycles. The summed E-state index contributed by atoms with van der Waals surface area (Å²) >= 11 is 0. The van der Waals surface area contributed by atoms with Crippen LogP contribution in [0.3, 0.4) is 0 Å². The lowest BCUT2D eigenvalue weighted by atomic mass is 10.0. The molecule has 0 spiro atoms. The van der Waals surface area contributed by atoms with E-state index in [-0.39, 0.29) is 5.91 Å². The number of aryl methyl sites for hydroxylation is 2. The Kier molecular flexibility index (Phi) is 4.79. The molecule has 1 aliphatic rings. The largest absolute Gasteiger partial charge is 0.337 e. The zero-order chi connectivity index (χ0) is 18.8. The maximum atomic E-state index is 12.8. The lowest BCUT2D eigenvalue weighted by molar-refractivity contribution is 0.0682. The second-order valence-corrected chi connectivity index (χ2v) is 7.01. The van der Waals surface area contributed by atoms with E-state index in [1.807, 2.05) is 42.3 Å². The highest BCUT2D eigenvalue weighted by Crippen LogP contribution is 2.30. The Morgan fingerprint density at radius 1 is 1.15 bits per heavy atom. The number of imidazole rings is 1. The molecule has 2 aromatic heterocycles. The van der Waals surface area contributed by atoms with Crippen LogP contribution in [-0.4, -0.2) is 43.2 Å². The molecule has 1 fully saturated rings. The van der Waals surface area contributed by atoms with Gasteiger partial charge in [0.15, 0.2) is 0 Å². The summed E-state index contributed by atoms with van der Waals surface area (Å²) in [6, 6.07) is 12.5. The SMILES string of the molecule is CCn1nccc1C(=O)N1CCC(n2c(C)cnc2-c2ccccc2)CC1. The van der Waals surface area contributed by atoms with Gasteiger partial charge in [-0.2, -0.15) is 5.10 Å². The monoisotopic (exact) mass is 363 g/mol. The molecule has 0 radical (unpaired) electrons. The van der Waals surface area contributed by atoms with Gasteiger partial charge in [0, 0.05) is 49.3 Å². The maximum Gasteiger partial charge on any atom is 0.272 e. The Morgan fingerprint density at radius 2 is 1.89 bits per heavy atom. The number of carbonyl (C=O) groups excluding carboxylic acids is 1. The molecule has 0 N–H and O–H groups in total. The lowest BCUT2D eigenvalue weighted by Gasteiger charge is -2.34. The van der Waals surface area contributed by atoms with E-state index in [2.05, 4.69) is 33.7 Å². The van der Waals surface area contributed by atoms with Crippen molar-refractivity contribution < 1.29 is 4.79 Å². The molecule has 1 saturated heterocycles. The maximum absolute atomic E-state index is 12.8. The first-order valence-electron chi connectivity index (χ1n) is 9.59. The molecule has 1 amide bonds. The van der Waals surface area contributed by atoms with Crippen LogP contribution in [0.5, 0.6) is 0 Å². The van der Waals surface area contributed by atoms with Gasteiger partial charge in [-0.3, -0.25) is 9.48 Å². The third-order valence-corrected chi connectivity index (χ3v) is 5.37. The fourth-order valence-corrected chi connectivity index (χ4v) is 3.96. The Labute approximate surface area is 159 Å². The number of hydrogen-bond acceptors (Lipinski definition) is 3. The molecule has 0 aliphatic carbocycles. The Balaban J connectivity index is 1.51. The molecule has 0 saturated carbocycles. The normalized spacial score (nSPS) is 15.3. The topological polar surface area (TPSA) is 56.0 Å².